The van der Waals surface area contributed by atoms with Crippen molar-refractivity contribution in [2.45, 2.75) is 46.2 Å². The smallest absolute Gasteiger partial charge is 0.147 e. The summed E-state index contributed by atoms with van der Waals surface area (Å²) in [5, 5.41) is 3.66. The van der Waals surface area contributed by atoms with Crippen LogP contribution in [-0.4, -0.2) is 25.2 Å². The molecule has 4 heteroatoms. The fourth-order valence-electron chi connectivity index (χ4n) is 3.08. The number of rotatable bonds is 4. The van der Waals surface area contributed by atoms with Gasteiger partial charge in [-0.05, 0) is 39.9 Å². The van der Waals surface area contributed by atoms with E-state index in [0.717, 1.165) is 24.0 Å². The highest BCUT2D eigenvalue weighted by Gasteiger charge is 2.33. The Labute approximate surface area is 136 Å². The van der Waals surface area contributed by atoms with Crippen molar-refractivity contribution in [2.75, 3.05) is 18.0 Å². The normalized spacial score (nSPS) is 24.4. The number of nitrogens with zero attached hydrogens (tertiary/aromatic N) is 1. The zero-order chi connectivity index (χ0) is 15.6. The first-order valence-electron chi connectivity index (χ1n) is 7.89. The van der Waals surface area contributed by atoms with E-state index in [9.17, 15) is 4.39 Å². The van der Waals surface area contributed by atoms with Gasteiger partial charge in [-0.1, -0.05) is 40.2 Å². The fraction of sp³-hybridized carbons (Fsp3) is 0.647. The van der Waals surface area contributed by atoms with Gasteiger partial charge in [0, 0.05) is 29.6 Å². The molecule has 0 radical (unpaired) electrons. The third kappa shape index (κ3) is 3.59. The highest BCUT2D eigenvalue weighted by Crippen LogP contribution is 2.34. The Morgan fingerprint density at radius 2 is 2.10 bits per heavy atom. The Hall–Kier alpha value is -0.610. The van der Waals surface area contributed by atoms with Gasteiger partial charge >= 0.3 is 0 Å². The summed E-state index contributed by atoms with van der Waals surface area (Å²) in [6.45, 7) is 10.7. The van der Waals surface area contributed by atoms with Gasteiger partial charge in [-0.3, -0.25) is 0 Å². The van der Waals surface area contributed by atoms with Gasteiger partial charge in [0.05, 0.1) is 5.69 Å². The van der Waals surface area contributed by atoms with Crippen LogP contribution in [-0.2, 0) is 0 Å². The van der Waals surface area contributed by atoms with Gasteiger partial charge in [0.15, 0.2) is 0 Å². The Bertz CT molecular complexity index is 458. The van der Waals surface area contributed by atoms with Crippen molar-refractivity contribution < 1.29 is 4.39 Å². The highest BCUT2D eigenvalue weighted by molar-refractivity contribution is 9.10. The lowest BCUT2D eigenvalue weighted by atomic mass is 9.91. The van der Waals surface area contributed by atoms with Gasteiger partial charge in [-0.15, -0.1) is 0 Å². The predicted octanol–water partition coefficient (Wildman–Crippen LogP) is 4.44. The minimum absolute atomic E-state index is 0.139. The molecular weight excluding hydrogens is 331 g/mol. The molecule has 2 rings (SSSR count). The third-order valence-corrected chi connectivity index (χ3v) is 5.35. The second kappa shape index (κ2) is 7.10. The van der Waals surface area contributed by atoms with Crippen molar-refractivity contribution >= 4 is 21.6 Å². The quantitative estimate of drug-likeness (QED) is 0.857. The largest absolute Gasteiger partial charge is 0.362 e. The molecule has 118 valence electrons. The molecule has 1 heterocycles. The van der Waals surface area contributed by atoms with Crippen LogP contribution in [0.15, 0.2) is 22.7 Å². The summed E-state index contributed by atoms with van der Waals surface area (Å²) >= 11 is 3.53. The Kier molecular flexibility index (Phi) is 5.67. The molecule has 3 atom stereocenters. The number of anilines is 1. The fourth-order valence-corrected chi connectivity index (χ4v) is 3.65. The molecule has 1 aromatic carbocycles. The molecule has 1 aliphatic heterocycles. The molecule has 1 fully saturated rings. The van der Waals surface area contributed by atoms with Crippen LogP contribution >= 0.6 is 15.9 Å². The van der Waals surface area contributed by atoms with Crippen molar-refractivity contribution in [1.29, 1.82) is 0 Å². The van der Waals surface area contributed by atoms with Crippen LogP contribution in [0.4, 0.5) is 10.1 Å². The molecule has 2 nitrogen and oxygen atoms in total. The summed E-state index contributed by atoms with van der Waals surface area (Å²) in [7, 11) is 0. The lowest BCUT2D eigenvalue weighted by Crippen LogP contribution is -2.60. The highest BCUT2D eigenvalue weighted by atomic mass is 79.9. The summed E-state index contributed by atoms with van der Waals surface area (Å²) < 4.78 is 15.2. The Morgan fingerprint density at radius 1 is 1.38 bits per heavy atom. The summed E-state index contributed by atoms with van der Waals surface area (Å²) in [6.07, 6.45) is 1.14. The van der Waals surface area contributed by atoms with Gasteiger partial charge < -0.3 is 10.2 Å². The van der Waals surface area contributed by atoms with Gasteiger partial charge in [0.25, 0.3) is 0 Å². The Morgan fingerprint density at radius 3 is 2.67 bits per heavy atom. The Balaban J connectivity index is 2.34. The molecule has 1 N–H and O–H groups in total. The van der Waals surface area contributed by atoms with Crippen molar-refractivity contribution in [3.05, 3.63) is 28.5 Å². The zero-order valence-corrected chi connectivity index (χ0v) is 15.0. The minimum Gasteiger partial charge on any atom is -0.362 e. The summed E-state index contributed by atoms with van der Waals surface area (Å²) in [5.74, 6) is 0.924. The van der Waals surface area contributed by atoms with E-state index < -0.39 is 0 Å². The van der Waals surface area contributed by atoms with E-state index in [4.69, 9.17) is 0 Å². The molecular formula is C17H26BrFN2. The molecule has 0 spiro atoms. The van der Waals surface area contributed by atoms with Crippen molar-refractivity contribution in [3.8, 4) is 0 Å². The van der Waals surface area contributed by atoms with E-state index >= 15 is 0 Å². The van der Waals surface area contributed by atoms with Crippen LogP contribution in [0.3, 0.4) is 0 Å². The monoisotopic (exact) mass is 356 g/mol. The molecule has 0 amide bonds. The lowest BCUT2D eigenvalue weighted by molar-refractivity contribution is 0.279. The third-order valence-electron chi connectivity index (χ3n) is 4.71. The molecule has 1 saturated heterocycles. The number of para-hydroxylation sites is 1. The maximum absolute atomic E-state index is 14.4. The average Bonchev–Trinajstić information content (AvgIpc) is 2.46. The van der Waals surface area contributed by atoms with E-state index in [1.54, 1.807) is 12.1 Å². The summed E-state index contributed by atoms with van der Waals surface area (Å²) in [5.41, 5.74) is 0.714. The molecule has 1 aliphatic rings. The zero-order valence-electron chi connectivity index (χ0n) is 13.4. The topological polar surface area (TPSA) is 15.3 Å². The van der Waals surface area contributed by atoms with Crippen molar-refractivity contribution in [3.63, 3.8) is 0 Å². The maximum Gasteiger partial charge on any atom is 0.147 e. The van der Waals surface area contributed by atoms with Crippen LogP contribution < -0.4 is 10.2 Å². The molecule has 1 aromatic rings. The van der Waals surface area contributed by atoms with Gasteiger partial charge in [0.1, 0.15) is 5.82 Å². The first kappa shape index (κ1) is 16.8. The SMILES string of the molecule is CCC(C)C1CN(c2c(F)cccc2Br)C(C(C)C)CN1. The van der Waals surface area contributed by atoms with E-state index in [1.807, 2.05) is 6.07 Å². The van der Waals surface area contributed by atoms with Crippen molar-refractivity contribution in [2.24, 2.45) is 11.8 Å². The van der Waals surface area contributed by atoms with Crippen LogP contribution in [0.25, 0.3) is 0 Å². The van der Waals surface area contributed by atoms with Gasteiger partial charge in [-0.2, -0.15) is 0 Å². The number of hydrogen-bond donors (Lipinski definition) is 1. The lowest BCUT2D eigenvalue weighted by Gasteiger charge is -2.45. The molecule has 21 heavy (non-hydrogen) atoms. The molecule has 0 bridgehead atoms. The summed E-state index contributed by atoms with van der Waals surface area (Å²) in [6, 6.07) is 5.96. The van der Waals surface area contributed by atoms with E-state index in [1.165, 1.54) is 0 Å². The molecule has 0 aliphatic carbocycles. The number of piperazine rings is 1. The van der Waals surface area contributed by atoms with Crippen LogP contribution in [0.1, 0.15) is 34.1 Å². The first-order chi connectivity index (χ1) is 9.95. The number of hydrogen-bond acceptors (Lipinski definition) is 2. The number of benzene rings is 1. The van der Waals surface area contributed by atoms with Crippen LogP contribution in [0, 0.1) is 17.7 Å². The van der Waals surface area contributed by atoms with Crippen LogP contribution in [0.2, 0.25) is 0 Å². The van der Waals surface area contributed by atoms with Gasteiger partial charge in [-0.25, -0.2) is 4.39 Å². The van der Waals surface area contributed by atoms with E-state index in [0.29, 0.717) is 29.6 Å². The average molecular weight is 357 g/mol. The summed E-state index contributed by atoms with van der Waals surface area (Å²) in [4.78, 5) is 2.26. The van der Waals surface area contributed by atoms with E-state index in [-0.39, 0.29) is 5.82 Å². The number of nitrogens with one attached hydrogen (secondary N) is 1. The molecule has 0 aromatic heterocycles. The minimum atomic E-state index is -0.139. The maximum atomic E-state index is 14.4. The second-order valence-electron chi connectivity index (χ2n) is 6.43. The first-order valence-corrected chi connectivity index (χ1v) is 8.69. The predicted molar refractivity (Wildman–Crippen MR) is 91.3 cm³/mol. The standard InChI is InChI=1S/C17H26BrFN2/c1-5-12(4)15-10-21(16(9-20-15)11(2)3)17-13(18)7-6-8-14(17)19/h6-8,11-12,15-16,20H,5,9-10H2,1-4H3. The van der Waals surface area contributed by atoms with Gasteiger partial charge in [0.2, 0.25) is 0 Å². The van der Waals surface area contributed by atoms with Crippen molar-refractivity contribution in [1.82, 2.24) is 5.32 Å². The second-order valence-corrected chi connectivity index (χ2v) is 7.29. The van der Waals surface area contributed by atoms with Crippen LogP contribution in [0.5, 0.6) is 0 Å². The molecule has 3 unspecified atom stereocenters. The number of halogens is 2. The van der Waals surface area contributed by atoms with E-state index in [2.05, 4.69) is 53.8 Å². The molecule has 0 saturated carbocycles.